The molecular weight excluding hydrogens is 284 g/mol. The molecule has 0 aliphatic carbocycles. The molecule has 0 spiro atoms. The van der Waals surface area contributed by atoms with E-state index in [1.807, 2.05) is 29.2 Å². The van der Waals surface area contributed by atoms with Crippen LogP contribution >= 0.6 is 0 Å². The van der Waals surface area contributed by atoms with Gasteiger partial charge in [-0.05, 0) is 30.7 Å². The van der Waals surface area contributed by atoms with Gasteiger partial charge in [0.05, 0.1) is 0 Å². The average Bonchev–Trinajstić information content (AvgIpc) is 2.62. The Bertz CT molecular complexity index is 669. The molecule has 0 aromatic heterocycles. The smallest absolute Gasteiger partial charge is 0.246 e. The maximum atomic E-state index is 12.3. The molecule has 3 rings (SSSR count). The molecule has 1 fully saturated rings. The Labute approximate surface area is 137 Å². The molecule has 23 heavy (non-hydrogen) atoms. The van der Waals surface area contributed by atoms with Crippen LogP contribution in [0.4, 0.5) is 5.69 Å². The number of para-hydroxylation sites is 1. The number of hydrogen-bond donors (Lipinski definition) is 0. The van der Waals surface area contributed by atoms with Crippen molar-refractivity contribution in [2.75, 3.05) is 31.1 Å². The fourth-order valence-corrected chi connectivity index (χ4v) is 2.77. The summed E-state index contributed by atoms with van der Waals surface area (Å²) in [6.45, 7) is 5.37. The van der Waals surface area contributed by atoms with E-state index in [9.17, 15) is 4.79 Å². The largest absolute Gasteiger partial charge is 0.368 e. The Morgan fingerprint density at radius 3 is 2.22 bits per heavy atom. The molecule has 1 heterocycles. The molecule has 118 valence electrons. The van der Waals surface area contributed by atoms with Crippen molar-refractivity contribution in [3.8, 4) is 0 Å². The molecule has 2 aromatic carbocycles. The van der Waals surface area contributed by atoms with Gasteiger partial charge in [0.15, 0.2) is 0 Å². The second-order valence-electron chi connectivity index (χ2n) is 5.89. The summed E-state index contributed by atoms with van der Waals surface area (Å²) in [7, 11) is 0. The molecule has 1 aliphatic heterocycles. The molecule has 3 heteroatoms. The number of carbonyl (C=O) groups is 1. The number of hydrogen-bond acceptors (Lipinski definition) is 2. The summed E-state index contributed by atoms with van der Waals surface area (Å²) in [5.41, 5.74) is 3.52. The second kappa shape index (κ2) is 7.14. The Balaban J connectivity index is 1.55. The first-order chi connectivity index (χ1) is 11.2. The summed E-state index contributed by atoms with van der Waals surface area (Å²) < 4.78 is 0. The molecule has 0 saturated carbocycles. The Kier molecular flexibility index (Phi) is 4.77. The van der Waals surface area contributed by atoms with E-state index in [1.54, 1.807) is 6.08 Å². The van der Waals surface area contributed by atoms with Crippen LogP contribution in [-0.2, 0) is 4.79 Å². The van der Waals surface area contributed by atoms with Gasteiger partial charge in [0.1, 0.15) is 0 Å². The van der Waals surface area contributed by atoms with Gasteiger partial charge in [-0.3, -0.25) is 4.79 Å². The number of benzene rings is 2. The minimum Gasteiger partial charge on any atom is -0.368 e. The first kappa shape index (κ1) is 15.3. The number of rotatable bonds is 3. The lowest BCUT2D eigenvalue weighted by atomic mass is 10.1. The van der Waals surface area contributed by atoms with Crippen molar-refractivity contribution in [3.05, 3.63) is 71.8 Å². The first-order valence-corrected chi connectivity index (χ1v) is 8.06. The summed E-state index contributed by atoms with van der Waals surface area (Å²) in [5.74, 6) is 0.0956. The number of anilines is 1. The molecule has 0 unspecified atom stereocenters. The average molecular weight is 306 g/mol. The predicted molar refractivity (Wildman–Crippen MR) is 95.4 cm³/mol. The summed E-state index contributed by atoms with van der Waals surface area (Å²) in [6.07, 6.45) is 3.58. The quantitative estimate of drug-likeness (QED) is 0.812. The minimum atomic E-state index is 0.0956. The maximum absolute atomic E-state index is 12.3. The van der Waals surface area contributed by atoms with E-state index >= 15 is 0 Å². The van der Waals surface area contributed by atoms with Crippen molar-refractivity contribution in [2.24, 2.45) is 0 Å². The summed E-state index contributed by atoms with van der Waals surface area (Å²) >= 11 is 0. The van der Waals surface area contributed by atoms with E-state index in [-0.39, 0.29) is 5.91 Å². The fourth-order valence-electron chi connectivity index (χ4n) is 2.77. The molecule has 3 nitrogen and oxygen atoms in total. The van der Waals surface area contributed by atoms with Crippen LogP contribution in [0, 0.1) is 6.92 Å². The van der Waals surface area contributed by atoms with Crippen LogP contribution in [-0.4, -0.2) is 37.0 Å². The zero-order valence-corrected chi connectivity index (χ0v) is 13.5. The van der Waals surface area contributed by atoms with Gasteiger partial charge in [0.2, 0.25) is 5.91 Å². The maximum Gasteiger partial charge on any atom is 0.246 e. The lowest BCUT2D eigenvalue weighted by Crippen LogP contribution is -2.48. The highest BCUT2D eigenvalue weighted by atomic mass is 16.2. The van der Waals surface area contributed by atoms with E-state index in [2.05, 4.69) is 48.2 Å². The van der Waals surface area contributed by atoms with Crippen LogP contribution in [0.1, 0.15) is 11.1 Å². The Hall–Kier alpha value is -2.55. The third kappa shape index (κ3) is 4.01. The van der Waals surface area contributed by atoms with Crippen LogP contribution in [0.3, 0.4) is 0 Å². The van der Waals surface area contributed by atoms with Gasteiger partial charge in [-0.25, -0.2) is 0 Å². The zero-order chi connectivity index (χ0) is 16.1. The van der Waals surface area contributed by atoms with Crippen molar-refractivity contribution in [1.29, 1.82) is 0 Å². The van der Waals surface area contributed by atoms with Crippen LogP contribution in [0.15, 0.2) is 60.7 Å². The van der Waals surface area contributed by atoms with Gasteiger partial charge in [0, 0.05) is 37.9 Å². The number of amides is 1. The van der Waals surface area contributed by atoms with Gasteiger partial charge < -0.3 is 9.80 Å². The lowest BCUT2D eigenvalue weighted by molar-refractivity contribution is -0.126. The van der Waals surface area contributed by atoms with Gasteiger partial charge in [-0.2, -0.15) is 0 Å². The first-order valence-electron chi connectivity index (χ1n) is 8.06. The molecule has 1 aliphatic rings. The van der Waals surface area contributed by atoms with E-state index in [0.717, 1.165) is 31.7 Å². The zero-order valence-electron chi connectivity index (χ0n) is 13.5. The van der Waals surface area contributed by atoms with Gasteiger partial charge >= 0.3 is 0 Å². The Morgan fingerprint density at radius 2 is 1.57 bits per heavy atom. The normalized spacial score (nSPS) is 15.2. The van der Waals surface area contributed by atoms with Crippen LogP contribution < -0.4 is 4.90 Å². The molecule has 0 N–H and O–H groups in total. The van der Waals surface area contributed by atoms with E-state index in [4.69, 9.17) is 0 Å². The Morgan fingerprint density at radius 1 is 0.913 bits per heavy atom. The van der Waals surface area contributed by atoms with E-state index < -0.39 is 0 Å². The molecule has 0 radical (unpaired) electrons. The third-order valence-electron chi connectivity index (χ3n) is 4.21. The van der Waals surface area contributed by atoms with Crippen molar-refractivity contribution in [2.45, 2.75) is 6.92 Å². The van der Waals surface area contributed by atoms with Crippen LogP contribution in [0.2, 0.25) is 0 Å². The van der Waals surface area contributed by atoms with Crippen molar-refractivity contribution >= 4 is 17.7 Å². The van der Waals surface area contributed by atoms with Crippen LogP contribution in [0.5, 0.6) is 0 Å². The van der Waals surface area contributed by atoms with Gasteiger partial charge in [-0.1, -0.05) is 48.0 Å². The summed E-state index contributed by atoms with van der Waals surface area (Å²) in [4.78, 5) is 16.5. The number of carbonyl (C=O) groups excluding carboxylic acids is 1. The topological polar surface area (TPSA) is 23.6 Å². The number of nitrogens with zero attached hydrogens (tertiary/aromatic N) is 2. The molecule has 0 bridgehead atoms. The van der Waals surface area contributed by atoms with Crippen molar-refractivity contribution < 1.29 is 4.79 Å². The van der Waals surface area contributed by atoms with E-state index in [1.165, 1.54) is 11.3 Å². The molecule has 0 atom stereocenters. The SMILES string of the molecule is Cc1ccc(/C=C/C(=O)N2CCN(c3ccccc3)CC2)cc1. The van der Waals surface area contributed by atoms with Gasteiger partial charge in [0.25, 0.3) is 0 Å². The molecular formula is C20H22N2O. The standard InChI is InChI=1S/C20H22N2O/c1-17-7-9-18(10-8-17)11-12-20(23)22-15-13-21(14-16-22)19-5-3-2-4-6-19/h2-12H,13-16H2,1H3/b12-11+. The van der Waals surface area contributed by atoms with Gasteiger partial charge in [-0.15, -0.1) is 0 Å². The predicted octanol–water partition coefficient (Wildman–Crippen LogP) is 3.36. The number of aryl methyl sites for hydroxylation is 1. The second-order valence-corrected chi connectivity index (χ2v) is 5.89. The molecule has 1 amide bonds. The van der Waals surface area contributed by atoms with Crippen LogP contribution in [0.25, 0.3) is 6.08 Å². The number of piperazine rings is 1. The van der Waals surface area contributed by atoms with Crippen molar-refractivity contribution in [3.63, 3.8) is 0 Å². The molecule has 1 saturated heterocycles. The summed E-state index contributed by atoms with van der Waals surface area (Å²) in [6, 6.07) is 18.6. The van der Waals surface area contributed by atoms with E-state index in [0.29, 0.717) is 0 Å². The minimum absolute atomic E-state index is 0.0956. The fraction of sp³-hybridized carbons (Fsp3) is 0.250. The highest BCUT2D eigenvalue weighted by Gasteiger charge is 2.19. The monoisotopic (exact) mass is 306 g/mol. The molecule has 2 aromatic rings. The highest BCUT2D eigenvalue weighted by Crippen LogP contribution is 2.15. The summed E-state index contributed by atoms with van der Waals surface area (Å²) in [5, 5.41) is 0. The van der Waals surface area contributed by atoms with Crippen molar-refractivity contribution in [1.82, 2.24) is 4.90 Å². The lowest BCUT2D eigenvalue weighted by Gasteiger charge is -2.35. The third-order valence-corrected chi connectivity index (χ3v) is 4.21. The highest BCUT2D eigenvalue weighted by molar-refractivity contribution is 5.92.